The van der Waals surface area contributed by atoms with E-state index in [4.69, 9.17) is 0 Å². The Hall–Kier alpha value is -2.08. The summed E-state index contributed by atoms with van der Waals surface area (Å²) in [5.74, 6) is -2.15. The first-order valence-corrected chi connectivity index (χ1v) is 5.22. The van der Waals surface area contributed by atoms with Gasteiger partial charge < -0.3 is 5.11 Å². The van der Waals surface area contributed by atoms with Crippen LogP contribution in [0.15, 0.2) is 41.6 Å². The Kier molecular flexibility index (Phi) is 3.47. The van der Waals surface area contributed by atoms with E-state index < -0.39 is 17.7 Å². The Morgan fingerprint density at radius 2 is 2.11 bits per heavy atom. The third kappa shape index (κ3) is 2.43. The van der Waals surface area contributed by atoms with Gasteiger partial charge in [-0.1, -0.05) is 12.1 Å². The van der Waals surface area contributed by atoms with E-state index in [0.29, 0.717) is 0 Å². The van der Waals surface area contributed by atoms with Gasteiger partial charge in [-0.15, -0.1) is 0 Å². The average molecular weight is 252 g/mol. The molecule has 1 aromatic heterocycles. The van der Waals surface area contributed by atoms with E-state index in [1.165, 1.54) is 30.7 Å². The molecule has 0 spiro atoms. The minimum atomic E-state index is -1.32. The van der Waals surface area contributed by atoms with E-state index in [1.54, 1.807) is 0 Å². The molecular weight excluding hydrogens is 242 g/mol. The van der Waals surface area contributed by atoms with Crippen molar-refractivity contribution in [3.63, 3.8) is 0 Å². The van der Waals surface area contributed by atoms with E-state index in [9.17, 15) is 18.7 Å². The van der Waals surface area contributed by atoms with Crippen molar-refractivity contribution < 1.29 is 13.9 Å². The Morgan fingerprint density at radius 3 is 2.83 bits per heavy atom. The molecule has 0 aliphatic heterocycles. The SMILES string of the molecule is O=c1ccncn1CC(O)c1cccc(F)c1F. The number of hydrogen-bond acceptors (Lipinski definition) is 3. The molecule has 0 aliphatic carbocycles. The lowest BCUT2D eigenvalue weighted by molar-refractivity contribution is 0.149. The highest BCUT2D eigenvalue weighted by molar-refractivity contribution is 5.21. The molecule has 6 heteroatoms. The summed E-state index contributed by atoms with van der Waals surface area (Å²) in [4.78, 5) is 15.1. The fourth-order valence-corrected chi connectivity index (χ4v) is 1.58. The molecule has 0 bridgehead atoms. The third-order valence-corrected chi connectivity index (χ3v) is 2.50. The van der Waals surface area contributed by atoms with E-state index in [-0.39, 0.29) is 17.7 Å². The molecule has 0 radical (unpaired) electrons. The molecule has 0 saturated heterocycles. The van der Waals surface area contributed by atoms with Crippen LogP contribution in [-0.4, -0.2) is 14.7 Å². The molecular formula is C12H10F2N2O2. The summed E-state index contributed by atoms with van der Waals surface area (Å²) in [6, 6.07) is 4.74. The molecule has 1 atom stereocenters. The highest BCUT2D eigenvalue weighted by Gasteiger charge is 2.16. The molecule has 18 heavy (non-hydrogen) atoms. The molecule has 94 valence electrons. The fourth-order valence-electron chi connectivity index (χ4n) is 1.58. The number of aliphatic hydroxyl groups excluding tert-OH is 1. The first kappa shape index (κ1) is 12.4. The molecule has 1 heterocycles. The van der Waals surface area contributed by atoms with Gasteiger partial charge in [0.15, 0.2) is 11.6 Å². The van der Waals surface area contributed by atoms with E-state index in [2.05, 4.69) is 4.98 Å². The summed E-state index contributed by atoms with van der Waals surface area (Å²) in [6.07, 6.45) is 1.22. The number of halogens is 2. The largest absolute Gasteiger partial charge is 0.386 e. The number of rotatable bonds is 3. The topological polar surface area (TPSA) is 55.1 Å². The Labute approximate surface area is 101 Å². The smallest absolute Gasteiger partial charge is 0.253 e. The van der Waals surface area contributed by atoms with E-state index in [1.807, 2.05) is 0 Å². The van der Waals surface area contributed by atoms with E-state index >= 15 is 0 Å². The Bertz CT molecular complexity index is 613. The van der Waals surface area contributed by atoms with Crippen LogP contribution in [0.25, 0.3) is 0 Å². The zero-order valence-corrected chi connectivity index (χ0v) is 9.25. The number of hydrogen-bond donors (Lipinski definition) is 1. The highest BCUT2D eigenvalue weighted by atomic mass is 19.2. The van der Waals surface area contributed by atoms with E-state index in [0.717, 1.165) is 10.6 Å². The molecule has 0 aliphatic rings. The van der Waals surface area contributed by atoms with Crippen LogP contribution < -0.4 is 5.56 Å². The van der Waals surface area contributed by atoms with Crippen molar-refractivity contribution in [3.05, 3.63) is 64.3 Å². The minimum absolute atomic E-state index is 0.187. The van der Waals surface area contributed by atoms with Gasteiger partial charge in [0.25, 0.3) is 5.56 Å². The van der Waals surface area contributed by atoms with Gasteiger partial charge in [0.2, 0.25) is 0 Å². The van der Waals surface area contributed by atoms with Crippen LogP contribution in [0.2, 0.25) is 0 Å². The van der Waals surface area contributed by atoms with Gasteiger partial charge in [-0.05, 0) is 6.07 Å². The molecule has 0 amide bonds. The zero-order chi connectivity index (χ0) is 13.1. The van der Waals surface area contributed by atoms with Crippen LogP contribution in [0.1, 0.15) is 11.7 Å². The van der Waals surface area contributed by atoms with Crippen LogP contribution in [-0.2, 0) is 6.54 Å². The van der Waals surface area contributed by atoms with Gasteiger partial charge in [0.1, 0.15) is 0 Å². The van der Waals surface area contributed by atoms with Crippen molar-refractivity contribution in [1.29, 1.82) is 0 Å². The number of nitrogens with zero attached hydrogens (tertiary/aromatic N) is 2. The number of aromatic nitrogens is 2. The lowest BCUT2D eigenvalue weighted by Gasteiger charge is -2.13. The van der Waals surface area contributed by atoms with Crippen molar-refractivity contribution >= 4 is 0 Å². The molecule has 0 fully saturated rings. The van der Waals surface area contributed by atoms with Gasteiger partial charge in [-0.25, -0.2) is 13.8 Å². The molecule has 4 nitrogen and oxygen atoms in total. The Morgan fingerprint density at radius 1 is 1.33 bits per heavy atom. The van der Waals surface area contributed by atoms with Crippen molar-refractivity contribution in [2.45, 2.75) is 12.6 Å². The zero-order valence-electron chi connectivity index (χ0n) is 9.25. The average Bonchev–Trinajstić information content (AvgIpc) is 2.35. The van der Waals surface area contributed by atoms with Gasteiger partial charge in [0, 0.05) is 17.8 Å². The predicted molar refractivity (Wildman–Crippen MR) is 59.8 cm³/mol. The normalized spacial score (nSPS) is 12.4. The molecule has 0 saturated carbocycles. The summed E-state index contributed by atoms with van der Waals surface area (Å²) < 4.78 is 27.5. The highest BCUT2D eigenvalue weighted by Crippen LogP contribution is 2.20. The molecule has 1 N–H and O–H groups in total. The first-order valence-electron chi connectivity index (χ1n) is 5.22. The van der Waals surface area contributed by atoms with Gasteiger partial charge in [-0.2, -0.15) is 0 Å². The number of benzene rings is 1. The molecule has 1 aromatic carbocycles. The Balaban J connectivity index is 2.28. The van der Waals surface area contributed by atoms with Crippen molar-refractivity contribution in [1.82, 2.24) is 9.55 Å². The lowest BCUT2D eigenvalue weighted by Crippen LogP contribution is -2.22. The molecule has 2 rings (SSSR count). The van der Waals surface area contributed by atoms with Crippen LogP contribution in [0.5, 0.6) is 0 Å². The van der Waals surface area contributed by atoms with Gasteiger partial charge in [0.05, 0.1) is 19.0 Å². The minimum Gasteiger partial charge on any atom is -0.386 e. The quantitative estimate of drug-likeness (QED) is 0.894. The predicted octanol–water partition coefficient (Wildman–Crippen LogP) is 1.26. The van der Waals surface area contributed by atoms with Crippen LogP contribution in [0.4, 0.5) is 8.78 Å². The first-order chi connectivity index (χ1) is 8.59. The van der Waals surface area contributed by atoms with Crippen LogP contribution >= 0.6 is 0 Å². The lowest BCUT2D eigenvalue weighted by atomic mass is 10.1. The summed E-state index contributed by atoms with van der Waals surface area (Å²) in [5.41, 5.74) is -0.563. The van der Waals surface area contributed by atoms with Crippen molar-refractivity contribution in [3.8, 4) is 0 Å². The van der Waals surface area contributed by atoms with Crippen LogP contribution in [0, 0.1) is 11.6 Å². The second-order valence-electron chi connectivity index (χ2n) is 3.73. The third-order valence-electron chi connectivity index (χ3n) is 2.50. The maximum atomic E-state index is 13.4. The summed E-state index contributed by atoms with van der Waals surface area (Å²) >= 11 is 0. The van der Waals surface area contributed by atoms with Gasteiger partial charge >= 0.3 is 0 Å². The monoisotopic (exact) mass is 252 g/mol. The molecule has 2 aromatic rings. The maximum absolute atomic E-state index is 13.4. The number of aliphatic hydroxyl groups is 1. The maximum Gasteiger partial charge on any atom is 0.253 e. The summed E-state index contributed by atoms with van der Waals surface area (Å²) in [5, 5.41) is 9.81. The second-order valence-corrected chi connectivity index (χ2v) is 3.73. The van der Waals surface area contributed by atoms with Crippen LogP contribution in [0.3, 0.4) is 0 Å². The summed E-state index contributed by atoms with van der Waals surface area (Å²) in [7, 11) is 0. The second kappa shape index (κ2) is 5.05. The fraction of sp³-hybridized carbons (Fsp3) is 0.167. The van der Waals surface area contributed by atoms with Crippen molar-refractivity contribution in [2.75, 3.05) is 0 Å². The molecule has 1 unspecified atom stereocenters. The standard InChI is InChI=1S/C12H10F2N2O2/c13-9-3-1-2-8(12(9)14)10(17)6-16-7-15-5-4-11(16)18/h1-5,7,10,17H,6H2. The van der Waals surface area contributed by atoms with Crippen molar-refractivity contribution in [2.24, 2.45) is 0 Å². The van der Waals surface area contributed by atoms with Gasteiger partial charge in [-0.3, -0.25) is 9.36 Å². The summed E-state index contributed by atoms with van der Waals surface area (Å²) in [6.45, 7) is -0.187.